The molecule has 0 aromatic heterocycles. The lowest BCUT2D eigenvalue weighted by atomic mass is 10.0. The van der Waals surface area contributed by atoms with Crippen LogP contribution in [-0.4, -0.2) is 66.2 Å². The molecule has 1 unspecified atom stereocenters. The molecule has 0 spiro atoms. The molecule has 120 valence electrons. The summed E-state index contributed by atoms with van der Waals surface area (Å²) in [4.78, 5) is 27.1. The molecule has 2 aliphatic rings. The fourth-order valence-corrected chi connectivity index (χ4v) is 2.75. The van der Waals surface area contributed by atoms with Crippen LogP contribution in [0.5, 0.6) is 0 Å². The van der Waals surface area contributed by atoms with Crippen LogP contribution < -0.4 is 5.32 Å². The van der Waals surface area contributed by atoms with Gasteiger partial charge in [0.1, 0.15) is 0 Å². The summed E-state index contributed by atoms with van der Waals surface area (Å²) in [6.07, 6.45) is 3.61. The zero-order valence-electron chi connectivity index (χ0n) is 12.9. The summed E-state index contributed by atoms with van der Waals surface area (Å²) in [6.45, 7) is 7.04. The highest BCUT2D eigenvalue weighted by atomic mass is 16.4. The van der Waals surface area contributed by atoms with Crippen LogP contribution >= 0.6 is 0 Å². The Morgan fingerprint density at radius 3 is 2.43 bits per heavy atom. The molecule has 1 aliphatic heterocycles. The molecule has 2 rings (SSSR count). The number of rotatable bonds is 7. The Balaban J connectivity index is 1.65. The lowest BCUT2D eigenvalue weighted by Crippen LogP contribution is -2.52. The molecule has 0 radical (unpaired) electrons. The molecule has 1 heterocycles. The van der Waals surface area contributed by atoms with Gasteiger partial charge in [0, 0.05) is 45.7 Å². The number of carboxylic acids is 1. The van der Waals surface area contributed by atoms with Crippen molar-refractivity contribution in [2.24, 2.45) is 11.8 Å². The van der Waals surface area contributed by atoms with Gasteiger partial charge in [-0.2, -0.15) is 0 Å². The fraction of sp³-hybridized carbons (Fsp3) is 0.867. The van der Waals surface area contributed by atoms with Crippen LogP contribution in [0.25, 0.3) is 0 Å². The van der Waals surface area contributed by atoms with E-state index in [1.54, 1.807) is 0 Å². The molecule has 6 nitrogen and oxygen atoms in total. The van der Waals surface area contributed by atoms with Gasteiger partial charge in [-0.1, -0.05) is 13.3 Å². The van der Waals surface area contributed by atoms with Crippen LogP contribution in [0.3, 0.4) is 0 Å². The van der Waals surface area contributed by atoms with Gasteiger partial charge in [-0.05, 0) is 24.7 Å². The van der Waals surface area contributed by atoms with Crippen LogP contribution in [0.15, 0.2) is 0 Å². The van der Waals surface area contributed by atoms with Crippen molar-refractivity contribution in [1.82, 2.24) is 15.1 Å². The Labute approximate surface area is 126 Å². The molecular formula is C15H27N3O3. The molecule has 21 heavy (non-hydrogen) atoms. The number of hydrogen-bond donors (Lipinski definition) is 2. The van der Waals surface area contributed by atoms with E-state index in [4.69, 9.17) is 5.11 Å². The van der Waals surface area contributed by atoms with E-state index in [0.717, 1.165) is 38.5 Å². The van der Waals surface area contributed by atoms with Crippen LogP contribution in [-0.2, 0) is 4.79 Å². The fourth-order valence-electron chi connectivity index (χ4n) is 2.75. The average Bonchev–Trinajstić information content (AvgIpc) is 3.27. The third-order valence-electron chi connectivity index (χ3n) is 4.46. The van der Waals surface area contributed by atoms with Crippen molar-refractivity contribution in [3.63, 3.8) is 0 Å². The standard InChI is InChI=1S/C15H27N3O3/c1-2-12(9-14(19)20)10-16-15(21)18-7-5-17(6-8-18)11-13-3-4-13/h12-13H,2-11H2,1H3,(H,16,21)(H,19,20). The molecule has 2 fully saturated rings. The summed E-state index contributed by atoms with van der Waals surface area (Å²) in [7, 11) is 0. The highest BCUT2D eigenvalue weighted by Gasteiger charge is 2.27. The lowest BCUT2D eigenvalue weighted by molar-refractivity contribution is -0.138. The van der Waals surface area contributed by atoms with Crippen molar-refractivity contribution < 1.29 is 14.7 Å². The van der Waals surface area contributed by atoms with Gasteiger partial charge in [0.25, 0.3) is 0 Å². The van der Waals surface area contributed by atoms with Crippen molar-refractivity contribution in [3.05, 3.63) is 0 Å². The third kappa shape index (κ3) is 5.53. The predicted octanol–water partition coefficient (Wildman–Crippen LogP) is 1.22. The highest BCUT2D eigenvalue weighted by Crippen LogP contribution is 2.29. The zero-order valence-corrected chi connectivity index (χ0v) is 12.9. The van der Waals surface area contributed by atoms with Crippen LogP contribution in [0, 0.1) is 11.8 Å². The van der Waals surface area contributed by atoms with Gasteiger partial charge >= 0.3 is 12.0 Å². The number of amides is 2. The van der Waals surface area contributed by atoms with Gasteiger partial charge in [-0.15, -0.1) is 0 Å². The minimum atomic E-state index is -0.801. The zero-order chi connectivity index (χ0) is 15.2. The Kier molecular flexibility index (Phi) is 5.85. The van der Waals surface area contributed by atoms with Crippen molar-refractivity contribution >= 4 is 12.0 Å². The Bertz CT molecular complexity index is 363. The first-order valence-electron chi connectivity index (χ1n) is 8.05. The van der Waals surface area contributed by atoms with Crippen LogP contribution in [0.4, 0.5) is 4.79 Å². The van der Waals surface area contributed by atoms with E-state index in [1.807, 2.05) is 11.8 Å². The maximum Gasteiger partial charge on any atom is 0.317 e. The molecule has 1 saturated heterocycles. The summed E-state index contributed by atoms with van der Waals surface area (Å²) in [6, 6.07) is -0.0510. The molecule has 2 amide bonds. The number of carbonyl (C=O) groups is 2. The van der Waals surface area contributed by atoms with Crippen molar-refractivity contribution in [2.75, 3.05) is 39.3 Å². The van der Waals surface area contributed by atoms with Gasteiger partial charge in [0.15, 0.2) is 0 Å². The van der Waals surface area contributed by atoms with E-state index in [-0.39, 0.29) is 18.4 Å². The minimum absolute atomic E-state index is 0.0163. The summed E-state index contributed by atoms with van der Waals surface area (Å²) < 4.78 is 0. The monoisotopic (exact) mass is 297 g/mol. The third-order valence-corrected chi connectivity index (χ3v) is 4.46. The summed E-state index contributed by atoms with van der Waals surface area (Å²) in [5, 5.41) is 11.7. The molecule has 2 N–H and O–H groups in total. The van der Waals surface area contributed by atoms with Crippen molar-refractivity contribution in [1.29, 1.82) is 0 Å². The number of aliphatic carboxylic acids is 1. The molecule has 6 heteroatoms. The van der Waals surface area contributed by atoms with Crippen molar-refractivity contribution in [2.45, 2.75) is 32.6 Å². The summed E-state index contributed by atoms with van der Waals surface area (Å²) in [5.41, 5.74) is 0. The average molecular weight is 297 g/mol. The molecule has 0 aromatic rings. The number of hydrogen-bond acceptors (Lipinski definition) is 3. The first kappa shape index (κ1) is 16.1. The number of urea groups is 1. The van der Waals surface area contributed by atoms with E-state index in [9.17, 15) is 9.59 Å². The first-order chi connectivity index (χ1) is 10.1. The highest BCUT2D eigenvalue weighted by molar-refractivity contribution is 5.74. The van der Waals surface area contributed by atoms with Gasteiger partial charge in [-0.3, -0.25) is 9.69 Å². The lowest BCUT2D eigenvalue weighted by Gasteiger charge is -2.35. The molecular weight excluding hydrogens is 270 g/mol. The number of piperazine rings is 1. The predicted molar refractivity (Wildman–Crippen MR) is 80.2 cm³/mol. The van der Waals surface area contributed by atoms with E-state index in [0.29, 0.717) is 6.54 Å². The Morgan fingerprint density at radius 1 is 1.24 bits per heavy atom. The molecule has 1 atom stereocenters. The van der Waals surface area contributed by atoms with E-state index in [1.165, 1.54) is 19.4 Å². The summed E-state index contributed by atoms with van der Waals surface area (Å²) >= 11 is 0. The number of nitrogens with zero attached hydrogens (tertiary/aromatic N) is 2. The second-order valence-corrected chi connectivity index (χ2v) is 6.29. The number of nitrogens with one attached hydrogen (secondary N) is 1. The Hall–Kier alpha value is -1.30. The maximum absolute atomic E-state index is 12.1. The van der Waals surface area contributed by atoms with E-state index >= 15 is 0 Å². The van der Waals surface area contributed by atoms with Crippen LogP contribution in [0.2, 0.25) is 0 Å². The maximum atomic E-state index is 12.1. The van der Waals surface area contributed by atoms with Gasteiger partial charge < -0.3 is 15.3 Å². The quantitative estimate of drug-likeness (QED) is 0.741. The van der Waals surface area contributed by atoms with E-state index < -0.39 is 5.97 Å². The molecule has 0 aromatic carbocycles. The minimum Gasteiger partial charge on any atom is -0.481 e. The second-order valence-electron chi connectivity index (χ2n) is 6.29. The van der Waals surface area contributed by atoms with Crippen LogP contribution in [0.1, 0.15) is 32.6 Å². The first-order valence-corrected chi connectivity index (χ1v) is 8.05. The largest absolute Gasteiger partial charge is 0.481 e. The molecule has 1 saturated carbocycles. The topological polar surface area (TPSA) is 72.9 Å². The van der Waals surface area contributed by atoms with Gasteiger partial charge in [0.05, 0.1) is 0 Å². The SMILES string of the molecule is CCC(CNC(=O)N1CCN(CC2CC2)CC1)CC(=O)O. The summed E-state index contributed by atoms with van der Waals surface area (Å²) in [5.74, 6) is 0.110. The van der Waals surface area contributed by atoms with Gasteiger partial charge in [-0.25, -0.2) is 4.79 Å². The number of carbonyl (C=O) groups excluding carboxylic acids is 1. The molecule has 0 bridgehead atoms. The normalized spacial score (nSPS) is 21.1. The van der Waals surface area contributed by atoms with Crippen molar-refractivity contribution in [3.8, 4) is 0 Å². The van der Waals surface area contributed by atoms with Gasteiger partial charge in [0.2, 0.25) is 0 Å². The Morgan fingerprint density at radius 2 is 1.90 bits per heavy atom. The molecule has 1 aliphatic carbocycles. The number of carboxylic acid groups (broad SMARTS) is 1. The second kappa shape index (κ2) is 7.64. The smallest absolute Gasteiger partial charge is 0.317 e. The van der Waals surface area contributed by atoms with E-state index in [2.05, 4.69) is 10.2 Å².